The van der Waals surface area contributed by atoms with Crippen LogP contribution in [0.2, 0.25) is 0 Å². The van der Waals surface area contributed by atoms with Crippen molar-refractivity contribution in [3.8, 4) is 0 Å². The summed E-state index contributed by atoms with van der Waals surface area (Å²) in [6.07, 6.45) is 0.423. The van der Waals surface area contributed by atoms with Crippen LogP contribution in [0.15, 0.2) is 72.9 Å². The van der Waals surface area contributed by atoms with Crippen LogP contribution in [0.5, 0.6) is 0 Å². The average Bonchev–Trinajstić information content (AvgIpc) is 3.23. The van der Waals surface area contributed by atoms with Crippen LogP contribution in [0.25, 0.3) is 0 Å². The van der Waals surface area contributed by atoms with E-state index in [1.807, 2.05) is 53.2 Å². The van der Waals surface area contributed by atoms with Gasteiger partial charge < -0.3 is 14.8 Å². The zero-order valence-electron chi connectivity index (χ0n) is 18.8. The molecular weight excluding hydrogens is 427 g/mol. The predicted octanol–water partition coefficient (Wildman–Crippen LogP) is 6.46. The summed E-state index contributed by atoms with van der Waals surface area (Å²) in [5, 5.41) is 2.98. The van der Waals surface area contributed by atoms with Gasteiger partial charge in [0.2, 0.25) is 0 Å². The number of hydrogen-bond acceptors (Lipinski definition) is 1. The molecule has 0 radical (unpaired) electrons. The van der Waals surface area contributed by atoms with E-state index >= 15 is 0 Å². The van der Waals surface area contributed by atoms with Crippen molar-refractivity contribution in [3.63, 3.8) is 0 Å². The second kappa shape index (κ2) is 11.6. The fourth-order valence-corrected chi connectivity index (χ4v) is 3.68. The Bertz CT molecular complexity index is 1010. The van der Waals surface area contributed by atoms with E-state index in [4.69, 9.17) is 0 Å². The lowest BCUT2D eigenvalue weighted by molar-refractivity contribution is -0.137. The number of aromatic nitrogens is 1. The predicted molar refractivity (Wildman–Crippen MR) is 124 cm³/mol. The van der Waals surface area contributed by atoms with Gasteiger partial charge in [0, 0.05) is 31.5 Å². The quantitative estimate of drug-likeness (QED) is 0.349. The number of rotatable bonds is 10. The minimum Gasteiger partial charge on any atom is -0.345 e. The maximum absolute atomic E-state index is 13.1. The molecule has 176 valence electrons. The molecule has 3 rings (SSSR count). The third kappa shape index (κ3) is 7.41. The van der Waals surface area contributed by atoms with Crippen LogP contribution < -0.4 is 5.32 Å². The minimum absolute atomic E-state index is 0.151. The van der Waals surface area contributed by atoms with Gasteiger partial charge in [0.25, 0.3) is 0 Å². The van der Waals surface area contributed by atoms with Crippen molar-refractivity contribution < 1.29 is 18.0 Å². The van der Waals surface area contributed by atoms with Gasteiger partial charge in [-0.05, 0) is 41.8 Å². The Kier molecular flexibility index (Phi) is 8.58. The van der Waals surface area contributed by atoms with Crippen molar-refractivity contribution in [2.45, 2.75) is 52.0 Å². The van der Waals surface area contributed by atoms with E-state index in [0.717, 1.165) is 36.6 Å². The van der Waals surface area contributed by atoms with Crippen LogP contribution in [0, 0.1) is 0 Å². The van der Waals surface area contributed by atoms with E-state index in [2.05, 4.69) is 12.2 Å². The molecule has 0 spiro atoms. The molecule has 0 aliphatic rings. The molecule has 0 saturated carbocycles. The summed E-state index contributed by atoms with van der Waals surface area (Å²) in [5.74, 6) is 0. The monoisotopic (exact) mass is 457 g/mol. The van der Waals surface area contributed by atoms with Crippen LogP contribution in [0.1, 0.15) is 48.6 Å². The van der Waals surface area contributed by atoms with Gasteiger partial charge in [-0.15, -0.1) is 0 Å². The van der Waals surface area contributed by atoms with E-state index in [-0.39, 0.29) is 6.03 Å². The Morgan fingerprint density at radius 1 is 0.970 bits per heavy atom. The van der Waals surface area contributed by atoms with Crippen molar-refractivity contribution in [2.75, 3.05) is 6.54 Å². The number of carbonyl (C=O) groups excluding carboxylic acids is 1. The lowest BCUT2D eigenvalue weighted by atomic mass is 10.1. The molecule has 33 heavy (non-hydrogen) atoms. The topological polar surface area (TPSA) is 37.3 Å². The van der Waals surface area contributed by atoms with Crippen molar-refractivity contribution in [2.24, 2.45) is 0 Å². The van der Waals surface area contributed by atoms with E-state index in [1.54, 1.807) is 11.0 Å². The molecule has 1 heterocycles. The average molecular weight is 458 g/mol. The molecule has 0 fully saturated rings. The van der Waals surface area contributed by atoms with E-state index in [0.29, 0.717) is 31.7 Å². The molecule has 2 aromatic carbocycles. The van der Waals surface area contributed by atoms with Gasteiger partial charge in [-0.3, -0.25) is 0 Å². The molecule has 1 N–H and O–H groups in total. The molecule has 1 aromatic heterocycles. The Morgan fingerprint density at radius 3 is 2.45 bits per heavy atom. The van der Waals surface area contributed by atoms with Gasteiger partial charge in [-0.2, -0.15) is 13.2 Å². The molecule has 0 unspecified atom stereocenters. The first-order valence-electron chi connectivity index (χ1n) is 11.2. The van der Waals surface area contributed by atoms with Crippen molar-refractivity contribution in [1.82, 2.24) is 14.8 Å². The van der Waals surface area contributed by atoms with Gasteiger partial charge in [-0.1, -0.05) is 62.2 Å². The second-order valence-electron chi connectivity index (χ2n) is 8.10. The first kappa shape index (κ1) is 24.4. The summed E-state index contributed by atoms with van der Waals surface area (Å²) in [6.45, 7) is 3.86. The van der Waals surface area contributed by atoms with Crippen LogP contribution in [-0.4, -0.2) is 22.0 Å². The molecule has 0 aliphatic heterocycles. The summed E-state index contributed by atoms with van der Waals surface area (Å²) in [6, 6.07) is 18.7. The first-order chi connectivity index (χ1) is 15.9. The molecule has 0 bridgehead atoms. The lowest BCUT2D eigenvalue weighted by Crippen LogP contribution is -2.40. The Morgan fingerprint density at radius 2 is 1.73 bits per heavy atom. The fourth-order valence-electron chi connectivity index (χ4n) is 3.68. The van der Waals surface area contributed by atoms with E-state index < -0.39 is 11.7 Å². The van der Waals surface area contributed by atoms with Gasteiger partial charge >= 0.3 is 12.2 Å². The third-order valence-corrected chi connectivity index (χ3v) is 5.49. The van der Waals surface area contributed by atoms with Crippen molar-refractivity contribution in [1.29, 1.82) is 0 Å². The number of nitrogens with zero attached hydrogens (tertiary/aromatic N) is 2. The summed E-state index contributed by atoms with van der Waals surface area (Å²) in [5.41, 5.74) is 1.80. The molecule has 7 heteroatoms. The third-order valence-electron chi connectivity index (χ3n) is 5.49. The van der Waals surface area contributed by atoms with Crippen LogP contribution in [-0.2, 0) is 25.8 Å². The molecule has 0 aliphatic carbocycles. The number of hydrogen-bond donors (Lipinski definition) is 1. The van der Waals surface area contributed by atoms with Gasteiger partial charge in [0.05, 0.1) is 12.1 Å². The number of urea groups is 1. The Labute approximate surface area is 193 Å². The number of carbonyl (C=O) groups is 1. The first-order valence-corrected chi connectivity index (χ1v) is 11.2. The number of halogens is 3. The van der Waals surface area contributed by atoms with Crippen LogP contribution in [0.3, 0.4) is 0 Å². The maximum Gasteiger partial charge on any atom is 0.416 e. The largest absolute Gasteiger partial charge is 0.416 e. The highest BCUT2D eigenvalue weighted by atomic mass is 19.4. The van der Waals surface area contributed by atoms with Gasteiger partial charge in [-0.25, -0.2) is 4.79 Å². The highest BCUT2D eigenvalue weighted by Gasteiger charge is 2.30. The Balaban J connectivity index is 1.70. The van der Waals surface area contributed by atoms with Gasteiger partial charge in [0.1, 0.15) is 0 Å². The Hall–Kier alpha value is -3.22. The summed E-state index contributed by atoms with van der Waals surface area (Å²) < 4.78 is 41.1. The highest BCUT2D eigenvalue weighted by Crippen LogP contribution is 2.29. The standard InChI is InChI=1S/C26H30F3N3O/c1-2-3-7-15-32(25(33)30-18-21-10-5-4-6-11-21)20-24-14-9-16-31(24)19-22-12-8-13-23(17-22)26(27,28)29/h4-6,8-14,16-17H,2-3,7,15,18-20H2,1H3,(H,30,33). The number of benzene rings is 2. The minimum atomic E-state index is -4.37. The van der Waals surface area contributed by atoms with Crippen LogP contribution in [0.4, 0.5) is 18.0 Å². The second-order valence-corrected chi connectivity index (χ2v) is 8.10. The SMILES string of the molecule is CCCCCN(Cc1cccn1Cc1cccc(C(F)(F)F)c1)C(=O)NCc1ccccc1. The van der Waals surface area contributed by atoms with E-state index in [9.17, 15) is 18.0 Å². The number of unbranched alkanes of at least 4 members (excludes halogenated alkanes) is 2. The highest BCUT2D eigenvalue weighted by molar-refractivity contribution is 5.74. The molecule has 0 saturated heterocycles. The van der Waals surface area contributed by atoms with E-state index in [1.165, 1.54) is 12.1 Å². The number of alkyl halides is 3. The molecule has 2 amide bonds. The van der Waals surface area contributed by atoms with Crippen molar-refractivity contribution >= 4 is 6.03 Å². The zero-order valence-corrected chi connectivity index (χ0v) is 18.8. The summed E-state index contributed by atoms with van der Waals surface area (Å²) in [7, 11) is 0. The smallest absolute Gasteiger partial charge is 0.345 e. The number of nitrogens with one attached hydrogen (secondary N) is 1. The molecule has 3 aromatic rings. The number of amides is 2. The maximum atomic E-state index is 13.1. The molecule has 0 atom stereocenters. The summed E-state index contributed by atoms with van der Waals surface area (Å²) >= 11 is 0. The van der Waals surface area contributed by atoms with Crippen LogP contribution >= 0.6 is 0 Å². The normalized spacial score (nSPS) is 11.4. The lowest BCUT2D eigenvalue weighted by Gasteiger charge is -2.24. The fraction of sp³-hybridized carbons (Fsp3) is 0.346. The van der Waals surface area contributed by atoms with Crippen molar-refractivity contribution in [3.05, 3.63) is 95.3 Å². The summed E-state index contributed by atoms with van der Waals surface area (Å²) in [4.78, 5) is 14.7. The zero-order chi connectivity index (χ0) is 23.7. The molecular formula is C26H30F3N3O. The molecule has 4 nitrogen and oxygen atoms in total. The van der Waals surface area contributed by atoms with Gasteiger partial charge in [0.15, 0.2) is 0 Å².